The van der Waals surface area contributed by atoms with Gasteiger partial charge in [-0.25, -0.2) is 4.79 Å². The maximum atomic E-state index is 11.8. The summed E-state index contributed by atoms with van der Waals surface area (Å²) >= 11 is 0. The van der Waals surface area contributed by atoms with Gasteiger partial charge in [0, 0.05) is 30.7 Å². The van der Waals surface area contributed by atoms with Crippen LogP contribution in [0.2, 0.25) is 0 Å². The van der Waals surface area contributed by atoms with Crippen LogP contribution in [-0.2, 0) is 4.74 Å². The summed E-state index contributed by atoms with van der Waals surface area (Å²) in [4.78, 5) is 13.8. The second kappa shape index (κ2) is 4.72. The summed E-state index contributed by atoms with van der Waals surface area (Å²) in [5.41, 5.74) is 2.57. The summed E-state index contributed by atoms with van der Waals surface area (Å²) in [6.45, 7) is 4.00. The van der Waals surface area contributed by atoms with Crippen LogP contribution in [0.4, 0.5) is 5.69 Å². The maximum Gasteiger partial charge on any atom is 0.374 e. The van der Waals surface area contributed by atoms with Crippen molar-refractivity contribution in [3.05, 3.63) is 29.5 Å². The van der Waals surface area contributed by atoms with Gasteiger partial charge in [-0.05, 0) is 26.0 Å². The first-order valence-corrected chi connectivity index (χ1v) is 5.92. The van der Waals surface area contributed by atoms with Crippen molar-refractivity contribution >= 4 is 22.6 Å². The first-order chi connectivity index (χ1) is 8.56. The van der Waals surface area contributed by atoms with Crippen LogP contribution in [0.5, 0.6) is 0 Å². The summed E-state index contributed by atoms with van der Waals surface area (Å²) in [5.74, 6) is -0.114. The van der Waals surface area contributed by atoms with Crippen LogP contribution >= 0.6 is 0 Å². The molecule has 2 aromatic rings. The number of aryl methyl sites for hydroxylation is 1. The Morgan fingerprint density at radius 1 is 1.39 bits per heavy atom. The highest BCUT2D eigenvalue weighted by Crippen LogP contribution is 2.33. The molecule has 18 heavy (non-hydrogen) atoms. The molecule has 4 heteroatoms. The summed E-state index contributed by atoms with van der Waals surface area (Å²) in [5, 5.41) is 0.963. The molecule has 0 unspecified atom stereocenters. The van der Waals surface area contributed by atoms with E-state index in [4.69, 9.17) is 9.15 Å². The van der Waals surface area contributed by atoms with E-state index < -0.39 is 5.97 Å². The van der Waals surface area contributed by atoms with Gasteiger partial charge in [0.05, 0.1) is 6.61 Å². The van der Waals surface area contributed by atoms with E-state index in [-0.39, 0.29) is 0 Å². The Balaban J connectivity index is 2.63. The van der Waals surface area contributed by atoms with Crippen LogP contribution in [0, 0.1) is 6.92 Å². The zero-order valence-corrected chi connectivity index (χ0v) is 11.1. The highest BCUT2D eigenvalue weighted by molar-refractivity contribution is 6.01. The Bertz CT molecular complexity index is 584. The minimum atomic E-state index is -0.407. The summed E-state index contributed by atoms with van der Waals surface area (Å²) < 4.78 is 10.6. The number of furan rings is 1. The fraction of sp³-hybridized carbons (Fsp3) is 0.357. The molecule has 0 saturated heterocycles. The van der Waals surface area contributed by atoms with Crippen molar-refractivity contribution in [1.29, 1.82) is 0 Å². The molecule has 96 valence electrons. The minimum Gasteiger partial charge on any atom is -0.460 e. The van der Waals surface area contributed by atoms with Crippen LogP contribution in [0.15, 0.2) is 22.6 Å². The number of rotatable bonds is 3. The molecule has 0 amide bonds. The Labute approximate surface area is 106 Å². The largest absolute Gasteiger partial charge is 0.460 e. The van der Waals surface area contributed by atoms with Gasteiger partial charge in [0.1, 0.15) is 5.58 Å². The molecule has 0 radical (unpaired) electrons. The number of hydrogen-bond donors (Lipinski definition) is 0. The second-order valence-corrected chi connectivity index (χ2v) is 4.32. The zero-order valence-electron chi connectivity index (χ0n) is 11.1. The zero-order chi connectivity index (χ0) is 13.3. The average molecular weight is 247 g/mol. The fourth-order valence-corrected chi connectivity index (χ4v) is 2.05. The van der Waals surface area contributed by atoms with Crippen molar-refractivity contribution < 1.29 is 13.9 Å². The Morgan fingerprint density at radius 2 is 2.11 bits per heavy atom. The first kappa shape index (κ1) is 12.5. The van der Waals surface area contributed by atoms with Crippen molar-refractivity contribution in [3.63, 3.8) is 0 Å². The molecule has 2 rings (SSSR count). The van der Waals surface area contributed by atoms with Gasteiger partial charge < -0.3 is 14.1 Å². The number of carbonyl (C=O) groups is 1. The average Bonchev–Trinajstić information content (AvgIpc) is 2.67. The smallest absolute Gasteiger partial charge is 0.374 e. The van der Waals surface area contributed by atoms with E-state index in [9.17, 15) is 4.79 Å². The highest BCUT2D eigenvalue weighted by atomic mass is 16.5. The number of nitrogens with zero attached hydrogens (tertiary/aromatic N) is 1. The predicted molar refractivity (Wildman–Crippen MR) is 71.2 cm³/mol. The van der Waals surface area contributed by atoms with Gasteiger partial charge in [-0.1, -0.05) is 6.07 Å². The van der Waals surface area contributed by atoms with E-state index in [2.05, 4.69) is 0 Å². The monoisotopic (exact) mass is 247 g/mol. The Hall–Kier alpha value is -1.97. The molecule has 0 bridgehead atoms. The van der Waals surface area contributed by atoms with Crippen molar-refractivity contribution in [1.82, 2.24) is 0 Å². The van der Waals surface area contributed by atoms with E-state index in [1.165, 1.54) is 0 Å². The molecule has 4 nitrogen and oxygen atoms in total. The number of hydrogen-bond acceptors (Lipinski definition) is 4. The van der Waals surface area contributed by atoms with Crippen LogP contribution in [0.25, 0.3) is 11.0 Å². The van der Waals surface area contributed by atoms with Crippen LogP contribution < -0.4 is 4.90 Å². The number of benzene rings is 1. The fourth-order valence-electron chi connectivity index (χ4n) is 2.05. The predicted octanol–water partition coefficient (Wildman–Crippen LogP) is 2.98. The van der Waals surface area contributed by atoms with E-state index >= 15 is 0 Å². The quantitative estimate of drug-likeness (QED) is 0.782. The molecule has 0 saturated carbocycles. The van der Waals surface area contributed by atoms with Gasteiger partial charge in [0.25, 0.3) is 0 Å². The van der Waals surface area contributed by atoms with Gasteiger partial charge in [0.2, 0.25) is 5.76 Å². The van der Waals surface area contributed by atoms with Gasteiger partial charge in [-0.3, -0.25) is 0 Å². The summed E-state index contributed by atoms with van der Waals surface area (Å²) in [7, 11) is 3.93. The van der Waals surface area contributed by atoms with Crippen molar-refractivity contribution in [3.8, 4) is 0 Å². The van der Waals surface area contributed by atoms with Gasteiger partial charge in [0.15, 0.2) is 0 Å². The molecule has 1 aromatic heterocycles. The number of esters is 1. The molecular formula is C14H17NO3. The third-order valence-electron chi connectivity index (χ3n) is 2.87. The third-order valence-corrected chi connectivity index (χ3v) is 2.87. The van der Waals surface area contributed by atoms with Crippen molar-refractivity contribution in [2.45, 2.75) is 13.8 Å². The maximum absolute atomic E-state index is 11.8. The number of ether oxygens (including phenoxy) is 1. The van der Waals surface area contributed by atoms with Crippen molar-refractivity contribution in [2.24, 2.45) is 0 Å². The number of anilines is 1. The molecule has 0 atom stereocenters. The number of fused-ring (bicyclic) bond motifs is 1. The molecule has 1 aromatic carbocycles. The van der Waals surface area contributed by atoms with Crippen LogP contribution in [-0.4, -0.2) is 26.7 Å². The van der Waals surface area contributed by atoms with Crippen LogP contribution in [0.1, 0.15) is 23.0 Å². The lowest BCUT2D eigenvalue weighted by atomic mass is 10.1. The minimum absolute atomic E-state index is 0.293. The topological polar surface area (TPSA) is 42.7 Å². The third kappa shape index (κ3) is 1.94. The molecule has 0 N–H and O–H groups in total. The van der Waals surface area contributed by atoms with E-state index in [1.807, 2.05) is 44.1 Å². The molecule has 0 fully saturated rings. The summed E-state index contributed by atoms with van der Waals surface area (Å²) in [6.07, 6.45) is 0. The van der Waals surface area contributed by atoms with Gasteiger partial charge in [-0.2, -0.15) is 0 Å². The van der Waals surface area contributed by atoms with Crippen molar-refractivity contribution in [2.75, 3.05) is 25.6 Å². The highest BCUT2D eigenvalue weighted by Gasteiger charge is 2.20. The van der Waals surface area contributed by atoms with E-state index in [0.717, 1.165) is 16.6 Å². The SMILES string of the molecule is CCOC(=O)c1oc2cccc(N(C)C)c2c1C. The van der Waals surface area contributed by atoms with E-state index in [1.54, 1.807) is 6.92 Å². The lowest BCUT2D eigenvalue weighted by molar-refractivity contribution is 0.0491. The standard InChI is InChI=1S/C14H17NO3/c1-5-17-14(16)13-9(2)12-10(15(3)4)7-6-8-11(12)18-13/h6-8H,5H2,1-4H3. The second-order valence-electron chi connectivity index (χ2n) is 4.32. The molecule has 0 spiro atoms. The molecule has 0 aliphatic heterocycles. The first-order valence-electron chi connectivity index (χ1n) is 5.92. The lowest BCUT2D eigenvalue weighted by Gasteiger charge is -2.13. The van der Waals surface area contributed by atoms with E-state index in [0.29, 0.717) is 18.0 Å². The normalized spacial score (nSPS) is 10.7. The van der Waals surface area contributed by atoms with Gasteiger partial charge >= 0.3 is 5.97 Å². The molecule has 1 heterocycles. The van der Waals surface area contributed by atoms with Crippen LogP contribution in [0.3, 0.4) is 0 Å². The lowest BCUT2D eigenvalue weighted by Crippen LogP contribution is -2.09. The number of carbonyl (C=O) groups excluding carboxylic acids is 1. The molecular weight excluding hydrogens is 230 g/mol. The molecule has 0 aliphatic rings. The summed E-state index contributed by atoms with van der Waals surface area (Å²) in [6, 6.07) is 5.77. The Kier molecular flexibility index (Phi) is 3.28. The molecule has 0 aliphatic carbocycles. The Morgan fingerprint density at radius 3 is 2.72 bits per heavy atom. The van der Waals surface area contributed by atoms with Gasteiger partial charge in [-0.15, -0.1) is 0 Å².